The molecule has 19 heavy (non-hydrogen) atoms. The SMILES string of the molecule is CC(C)(C)NC(=O)Oc1ccc2ccc(O)cc2c1. The number of phenolic OH excluding ortho intramolecular Hbond substituents is 1. The monoisotopic (exact) mass is 259 g/mol. The molecule has 0 fully saturated rings. The van der Waals surface area contributed by atoms with Crippen LogP contribution in [0.25, 0.3) is 10.8 Å². The molecular formula is C15H17NO3. The van der Waals surface area contributed by atoms with Crippen LogP contribution in [0, 0.1) is 0 Å². The van der Waals surface area contributed by atoms with Crippen molar-refractivity contribution in [1.29, 1.82) is 0 Å². The molecule has 0 aliphatic rings. The van der Waals surface area contributed by atoms with E-state index in [9.17, 15) is 9.90 Å². The fourth-order valence-corrected chi connectivity index (χ4v) is 1.71. The van der Waals surface area contributed by atoms with Gasteiger partial charge >= 0.3 is 6.09 Å². The van der Waals surface area contributed by atoms with Crippen LogP contribution >= 0.6 is 0 Å². The van der Waals surface area contributed by atoms with Gasteiger partial charge in [-0.2, -0.15) is 0 Å². The molecule has 2 N–H and O–H groups in total. The van der Waals surface area contributed by atoms with Gasteiger partial charge in [0.25, 0.3) is 0 Å². The Hall–Kier alpha value is -2.23. The molecule has 1 amide bonds. The number of nitrogens with one attached hydrogen (secondary N) is 1. The van der Waals surface area contributed by atoms with Crippen LogP contribution in [-0.2, 0) is 0 Å². The van der Waals surface area contributed by atoms with Crippen molar-refractivity contribution >= 4 is 16.9 Å². The van der Waals surface area contributed by atoms with Crippen molar-refractivity contribution in [3.63, 3.8) is 0 Å². The van der Waals surface area contributed by atoms with E-state index in [0.29, 0.717) is 5.75 Å². The van der Waals surface area contributed by atoms with E-state index in [2.05, 4.69) is 5.32 Å². The maximum Gasteiger partial charge on any atom is 0.413 e. The second-order valence-corrected chi connectivity index (χ2v) is 5.46. The summed E-state index contributed by atoms with van der Waals surface area (Å²) in [7, 11) is 0. The summed E-state index contributed by atoms with van der Waals surface area (Å²) in [6.07, 6.45) is -0.494. The van der Waals surface area contributed by atoms with Gasteiger partial charge in [-0.1, -0.05) is 12.1 Å². The second kappa shape index (κ2) is 4.80. The lowest BCUT2D eigenvalue weighted by Crippen LogP contribution is -2.42. The Bertz CT molecular complexity index is 614. The molecule has 0 unspecified atom stereocenters. The number of hydrogen-bond donors (Lipinski definition) is 2. The number of amides is 1. The lowest BCUT2D eigenvalue weighted by atomic mass is 10.1. The average molecular weight is 259 g/mol. The average Bonchev–Trinajstić information content (AvgIpc) is 2.25. The minimum Gasteiger partial charge on any atom is -0.508 e. The van der Waals surface area contributed by atoms with Gasteiger partial charge in [-0.15, -0.1) is 0 Å². The Morgan fingerprint density at radius 3 is 2.47 bits per heavy atom. The maximum atomic E-state index is 11.6. The van der Waals surface area contributed by atoms with Gasteiger partial charge in [0.1, 0.15) is 11.5 Å². The minimum absolute atomic E-state index is 0.184. The molecule has 0 saturated carbocycles. The van der Waals surface area contributed by atoms with E-state index in [4.69, 9.17) is 4.74 Å². The summed E-state index contributed by atoms with van der Waals surface area (Å²) in [6.45, 7) is 5.64. The third-order valence-corrected chi connectivity index (χ3v) is 2.48. The van der Waals surface area contributed by atoms with Crippen molar-refractivity contribution in [1.82, 2.24) is 5.32 Å². The van der Waals surface area contributed by atoms with Crippen LogP contribution in [0.3, 0.4) is 0 Å². The molecule has 0 aliphatic heterocycles. The van der Waals surface area contributed by atoms with Gasteiger partial charge in [0, 0.05) is 5.54 Å². The van der Waals surface area contributed by atoms with Crippen molar-refractivity contribution in [3.05, 3.63) is 36.4 Å². The smallest absolute Gasteiger partial charge is 0.413 e. The van der Waals surface area contributed by atoms with Gasteiger partial charge in [-0.25, -0.2) is 4.79 Å². The summed E-state index contributed by atoms with van der Waals surface area (Å²) in [6, 6.07) is 10.3. The largest absolute Gasteiger partial charge is 0.508 e. The number of ether oxygens (including phenoxy) is 1. The molecule has 0 atom stereocenters. The summed E-state index contributed by atoms with van der Waals surface area (Å²) in [5.74, 6) is 0.628. The molecule has 0 saturated heterocycles. The van der Waals surface area contributed by atoms with Crippen LogP contribution in [0.4, 0.5) is 4.79 Å². The molecular weight excluding hydrogens is 242 g/mol. The Morgan fingerprint density at radius 2 is 1.79 bits per heavy atom. The highest BCUT2D eigenvalue weighted by Gasteiger charge is 2.15. The number of carbonyl (C=O) groups excluding carboxylic acids is 1. The molecule has 0 radical (unpaired) electrons. The first-order chi connectivity index (χ1) is 8.83. The molecule has 0 aromatic heterocycles. The summed E-state index contributed by atoms with van der Waals surface area (Å²) in [5.41, 5.74) is -0.341. The van der Waals surface area contributed by atoms with Crippen molar-refractivity contribution in [2.24, 2.45) is 0 Å². The van der Waals surface area contributed by atoms with Gasteiger partial charge < -0.3 is 15.2 Å². The first-order valence-corrected chi connectivity index (χ1v) is 6.06. The summed E-state index contributed by atoms with van der Waals surface area (Å²) >= 11 is 0. The number of fused-ring (bicyclic) bond motifs is 1. The zero-order valence-electron chi connectivity index (χ0n) is 11.2. The lowest BCUT2D eigenvalue weighted by molar-refractivity contribution is 0.190. The number of rotatable bonds is 1. The minimum atomic E-state index is -0.494. The quantitative estimate of drug-likeness (QED) is 0.824. The van der Waals surface area contributed by atoms with Gasteiger partial charge in [0.2, 0.25) is 0 Å². The number of aromatic hydroxyl groups is 1. The Morgan fingerprint density at radius 1 is 1.11 bits per heavy atom. The van der Waals surface area contributed by atoms with Gasteiger partial charge in [0.15, 0.2) is 0 Å². The Labute approximate surface area is 112 Å². The molecule has 4 nitrogen and oxygen atoms in total. The molecule has 2 aromatic rings. The highest BCUT2D eigenvalue weighted by atomic mass is 16.6. The van der Waals surface area contributed by atoms with E-state index in [1.54, 1.807) is 24.3 Å². The third kappa shape index (κ3) is 3.61. The van der Waals surface area contributed by atoms with E-state index in [-0.39, 0.29) is 11.3 Å². The molecule has 0 bridgehead atoms. The van der Waals surface area contributed by atoms with Crippen LogP contribution in [0.15, 0.2) is 36.4 Å². The van der Waals surface area contributed by atoms with Crippen molar-refractivity contribution < 1.29 is 14.6 Å². The van der Waals surface area contributed by atoms with E-state index < -0.39 is 6.09 Å². The molecule has 0 heterocycles. The molecule has 2 aromatic carbocycles. The fraction of sp³-hybridized carbons (Fsp3) is 0.267. The highest BCUT2D eigenvalue weighted by molar-refractivity contribution is 5.85. The van der Waals surface area contributed by atoms with Crippen molar-refractivity contribution in [2.45, 2.75) is 26.3 Å². The molecule has 0 aliphatic carbocycles. The van der Waals surface area contributed by atoms with E-state index in [1.165, 1.54) is 0 Å². The van der Waals surface area contributed by atoms with Crippen molar-refractivity contribution in [2.75, 3.05) is 0 Å². The summed E-state index contributed by atoms with van der Waals surface area (Å²) in [5, 5.41) is 13.9. The zero-order chi connectivity index (χ0) is 14.0. The predicted molar refractivity (Wildman–Crippen MR) is 74.5 cm³/mol. The second-order valence-electron chi connectivity index (χ2n) is 5.46. The van der Waals surface area contributed by atoms with Crippen LogP contribution in [-0.4, -0.2) is 16.7 Å². The van der Waals surface area contributed by atoms with Gasteiger partial charge in [0.05, 0.1) is 0 Å². The van der Waals surface area contributed by atoms with Crippen LogP contribution in [0.5, 0.6) is 11.5 Å². The summed E-state index contributed by atoms with van der Waals surface area (Å²) < 4.78 is 5.21. The van der Waals surface area contributed by atoms with Crippen LogP contribution < -0.4 is 10.1 Å². The lowest BCUT2D eigenvalue weighted by Gasteiger charge is -2.19. The molecule has 4 heteroatoms. The normalized spacial score (nSPS) is 11.3. The molecule has 0 spiro atoms. The fourth-order valence-electron chi connectivity index (χ4n) is 1.71. The first-order valence-electron chi connectivity index (χ1n) is 6.06. The standard InChI is InChI=1S/C15H17NO3/c1-15(2,3)16-14(18)19-13-7-5-10-4-6-12(17)8-11(10)9-13/h4-9,17H,1-3H3,(H,16,18). The predicted octanol–water partition coefficient (Wildman–Crippen LogP) is 3.43. The number of benzene rings is 2. The van der Waals surface area contributed by atoms with E-state index in [0.717, 1.165) is 10.8 Å². The number of carbonyl (C=O) groups is 1. The maximum absolute atomic E-state index is 11.6. The highest BCUT2D eigenvalue weighted by Crippen LogP contribution is 2.24. The summed E-state index contributed by atoms with van der Waals surface area (Å²) in [4.78, 5) is 11.6. The molecule has 2 rings (SSSR count). The number of hydrogen-bond acceptors (Lipinski definition) is 3. The van der Waals surface area contributed by atoms with Gasteiger partial charge in [-0.3, -0.25) is 0 Å². The first kappa shape index (κ1) is 13.2. The topological polar surface area (TPSA) is 58.6 Å². The molecule has 100 valence electrons. The van der Waals surface area contributed by atoms with Crippen molar-refractivity contribution in [3.8, 4) is 11.5 Å². The Kier molecular flexibility index (Phi) is 3.34. The van der Waals surface area contributed by atoms with Gasteiger partial charge in [-0.05, 0) is 55.8 Å². The number of phenols is 1. The van der Waals surface area contributed by atoms with Crippen LogP contribution in [0.1, 0.15) is 20.8 Å². The Balaban J connectivity index is 2.19. The van der Waals surface area contributed by atoms with E-state index in [1.807, 2.05) is 32.9 Å². The van der Waals surface area contributed by atoms with Crippen LogP contribution in [0.2, 0.25) is 0 Å². The third-order valence-electron chi connectivity index (χ3n) is 2.48. The zero-order valence-corrected chi connectivity index (χ0v) is 11.2. The van der Waals surface area contributed by atoms with E-state index >= 15 is 0 Å².